The normalized spacial score (nSPS) is 21.5. The van der Waals surface area contributed by atoms with E-state index in [1.54, 1.807) is 19.2 Å². The van der Waals surface area contributed by atoms with Gasteiger partial charge in [-0.3, -0.25) is 19.3 Å². The molecule has 2 atom stereocenters. The van der Waals surface area contributed by atoms with Gasteiger partial charge in [0.05, 0.1) is 25.5 Å². The van der Waals surface area contributed by atoms with Crippen molar-refractivity contribution in [2.24, 2.45) is 5.92 Å². The van der Waals surface area contributed by atoms with Crippen LogP contribution in [-0.2, 0) is 16.1 Å². The summed E-state index contributed by atoms with van der Waals surface area (Å²) in [7, 11) is 1.62. The molecular formula is C19H24N4O3. The summed E-state index contributed by atoms with van der Waals surface area (Å²) in [5, 5.41) is 8.58. The number of pyridine rings is 1. The zero-order chi connectivity index (χ0) is 18.7. The SMILES string of the molecule is CN(CCC#N)C(=O)CC(=O)CN1C[C@@H]2C[C@H](C1)c1cccc(=O)n1C2. The lowest BCUT2D eigenvalue weighted by Gasteiger charge is -2.42. The van der Waals surface area contributed by atoms with Gasteiger partial charge >= 0.3 is 0 Å². The highest BCUT2D eigenvalue weighted by Gasteiger charge is 2.35. The minimum absolute atomic E-state index is 0.0488. The number of carbonyl (C=O) groups excluding carboxylic acids is 2. The lowest BCUT2D eigenvalue weighted by atomic mass is 9.83. The number of rotatable bonds is 6. The lowest BCUT2D eigenvalue weighted by molar-refractivity contribution is -0.134. The highest BCUT2D eigenvalue weighted by Crippen LogP contribution is 2.34. The lowest BCUT2D eigenvalue weighted by Crippen LogP contribution is -2.48. The van der Waals surface area contributed by atoms with Gasteiger partial charge in [0.15, 0.2) is 5.78 Å². The number of hydrogen-bond acceptors (Lipinski definition) is 5. The second kappa shape index (κ2) is 7.83. The van der Waals surface area contributed by atoms with Crippen molar-refractivity contribution in [3.05, 3.63) is 34.2 Å². The van der Waals surface area contributed by atoms with Gasteiger partial charge < -0.3 is 9.47 Å². The monoisotopic (exact) mass is 356 g/mol. The van der Waals surface area contributed by atoms with E-state index in [4.69, 9.17) is 5.26 Å². The fourth-order valence-electron chi connectivity index (χ4n) is 4.08. The molecule has 1 fully saturated rings. The van der Waals surface area contributed by atoms with Crippen LogP contribution in [0.3, 0.4) is 0 Å². The molecule has 26 heavy (non-hydrogen) atoms. The molecule has 2 aliphatic rings. The fourth-order valence-corrected chi connectivity index (χ4v) is 4.08. The molecule has 0 radical (unpaired) electrons. The van der Waals surface area contributed by atoms with Gasteiger partial charge in [-0.25, -0.2) is 0 Å². The van der Waals surface area contributed by atoms with Gasteiger partial charge in [0.25, 0.3) is 5.56 Å². The largest absolute Gasteiger partial charge is 0.344 e. The number of carbonyl (C=O) groups is 2. The van der Waals surface area contributed by atoms with Crippen molar-refractivity contribution in [1.29, 1.82) is 5.26 Å². The molecular weight excluding hydrogens is 332 g/mol. The summed E-state index contributed by atoms with van der Waals surface area (Å²) in [6.45, 7) is 2.83. The maximum atomic E-state index is 12.3. The van der Waals surface area contributed by atoms with Crippen LogP contribution in [0.5, 0.6) is 0 Å². The topological polar surface area (TPSA) is 86.4 Å². The maximum Gasteiger partial charge on any atom is 0.250 e. The molecule has 3 rings (SSSR count). The van der Waals surface area contributed by atoms with Crippen LogP contribution < -0.4 is 5.56 Å². The summed E-state index contributed by atoms with van der Waals surface area (Å²) in [4.78, 5) is 39.9. The zero-order valence-corrected chi connectivity index (χ0v) is 15.1. The van der Waals surface area contributed by atoms with E-state index in [1.165, 1.54) is 4.90 Å². The van der Waals surface area contributed by atoms with E-state index in [0.29, 0.717) is 19.0 Å². The Morgan fingerprint density at radius 2 is 2.12 bits per heavy atom. The molecule has 1 saturated heterocycles. The maximum absolute atomic E-state index is 12.3. The predicted molar refractivity (Wildman–Crippen MR) is 95.5 cm³/mol. The molecule has 0 spiro atoms. The molecule has 0 aromatic carbocycles. The average Bonchev–Trinajstić information content (AvgIpc) is 2.60. The number of nitriles is 1. The molecule has 2 bridgehead atoms. The second-order valence-electron chi connectivity index (χ2n) is 7.33. The van der Waals surface area contributed by atoms with Crippen molar-refractivity contribution in [3.8, 4) is 6.07 Å². The Morgan fingerprint density at radius 3 is 2.88 bits per heavy atom. The number of amides is 1. The van der Waals surface area contributed by atoms with Crippen LogP contribution >= 0.6 is 0 Å². The quantitative estimate of drug-likeness (QED) is 0.697. The van der Waals surface area contributed by atoms with Crippen LogP contribution in [0.4, 0.5) is 0 Å². The first-order valence-electron chi connectivity index (χ1n) is 9.02. The molecule has 0 aliphatic carbocycles. The number of aromatic nitrogens is 1. The first-order valence-corrected chi connectivity index (χ1v) is 9.02. The summed E-state index contributed by atoms with van der Waals surface area (Å²) < 4.78 is 1.87. The third-order valence-corrected chi connectivity index (χ3v) is 5.29. The van der Waals surface area contributed by atoms with E-state index in [0.717, 1.165) is 25.2 Å². The summed E-state index contributed by atoms with van der Waals surface area (Å²) in [5.74, 6) is 0.296. The zero-order valence-electron chi connectivity index (χ0n) is 15.1. The molecule has 1 aromatic rings. The van der Waals surface area contributed by atoms with Crippen LogP contribution in [0, 0.1) is 17.2 Å². The van der Waals surface area contributed by atoms with Gasteiger partial charge in [-0.2, -0.15) is 5.26 Å². The Morgan fingerprint density at radius 1 is 1.31 bits per heavy atom. The van der Waals surface area contributed by atoms with Crippen molar-refractivity contribution < 1.29 is 9.59 Å². The summed E-state index contributed by atoms with van der Waals surface area (Å²) in [6.07, 6.45) is 1.19. The summed E-state index contributed by atoms with van der Waals surface area (Å²) in [6, 6.07) is 7.39. The number of likely N-dealkylation sites (tertiary alicyclic amines) is 1. The van der Waals surface area contributed by atoms with E-state index in [9.17, 15) is 14.4 Å². The summed E-state index contributed by atoms with van der Waals surface area (Å²) >= 11 is 0. The van der Waals surface area contributed by atoms with Gasteiger partial charge in [0, 0.05) is 50.9 Å². The van der Waals surface area contributed by atoms with Crippen LogP contribution in [0.25, 0.3) is 0 Å². The Balaban J connectivity index is 1.58. The summed E-state index contributed by atoms with van der Waals surface area (Å²) in [5.41, 5.74) is 1.10. The molecule has 1 aromatic heterocycles. The van der Waals surface area contributed by atoms with Crippen LogP contribution in [0.1, 0.15) is 30.9 Å². The van der Waals surface area contributed by atoms with Gasteiger partial charge in [0.2, 0.25) is 5.91 Å². The van der Waals surface area contributed by atoms with Gasteiger partial charge in [-0.15, -0.1) is 0 Å². The van der Waals surface area contributed by atoms with E-state index >= 15 is 0 Å². The highest BCUT2D eigenvalue weighted by molar-refractivity contribution is 5.98. The predicted octanol–water partition coefficient (Wildman–Crippen LogP) is 0.599. The first kappa shape index (κ1) is 18.3. The molecule has 7 nitrogen and oxygen atoms in total. The minimum atomic E-state index is -0.237. The first-order chi connectivity index (χ1) is 12.5. The molecule has 0 saturated carbocycles. The Labute approximate surface area is 152 Å². The highest BCUT2D eigenvalue weighted by atomic mass is 16.2. The Bertz CT molecular complexity index is 795. The number of hydrogen-bond donors (Lipinski definition) is 0. The van der Waals surface area contributed by atoms with Gasteiger partial charge in [-0.1, -0.05) is 6.07 Å². The number of piperidine rings is 1. The van der Waals surface area contributed by atoms with E-state index < -0.39 is 0 Å². The van der Waals surface area contributed by atoms with Crippen molar-refractivity contribution in [2.75, 3.05) is 33.2 Å². The van der Waals surface area contributed by atoms with Crippen molar-refractivity contribution in [3.63, 3.8) is 0 Å². The average molecular weight is 356 g/mol. The second-order valence-corrected chi connectivity index (χ2v) is 7.33. The molecule has 1 amide bonds. The van der Waals surface area contributed by atoms with E-state index in [2.05, 4.69) is 4.90 Å². The molecule has 138 valence electrons. The standard InChI is InChI=1S/C19H24N4O3/c1-21(7-3-6-20)19(26)9-16(24)13-22-10-14-8-15(12-22)17-4-2-5-18(25)23(17)11-14/h2,4-5,14-15H,3,7-13H2,1H3/t14-,15+/m0/s1. The number of Topliss-reactive ketones (excluding diaryl/α,β-unsaturated/α-hetero) is 1. The molecule has 2 aliphatic heterocycles. The Kier molecular flexibility index (Phi) is 5.52. The minimum Gasteiger partial charge on any atom is -0.344 e. The third-order valence-electron chi connectivity index (χ3n) is 5.29. The molecule has 0 N–H and O–H groups in total. The number of fused-ring (bicyclic) bond motifs is 4. The van der Waals surface area contributed by atoms with E-state index in [1.807, 2.05) is 16.7 Å². The number of nitrogens with zero attached hydrogens (tertiary/aromatic N) is 4. The van der Waals surface area contributed by atoms with Crippen LogP contribution in [-0.4, -0.2) is 59.3 Å². The molecule has 3 heterocycles. The smallest absolute Gasteiger partial charge is 0.250 e. The van der Waals surface area contributed by atoms with Crippen LogP contribution in [0.2, 0.25) is 0 Å². The Hall–Kier alpha value is -2.46. The number of ketones is 1. The fraction of sp³-hybridized carbons (Fsp3) is 0.579. The van der Waals surface area contributed by atoms with Crippen LogP contribution in [0.15, 0.2) is 23.0 Å². The van der Waals surface area contributed by atoms with Gasteiger partial charge in [-0.05, 0) is 18.4 Å². The van der Waals surface area contributed by atoms with Gasteiger partial charge in [0.1, 0.15) is 0 Å². The van der Waals surface area contributed by atoms with Crippen molar-refractivity contribution in [1.82, 2.24) is 14.4 Å². The third kappa shape index (κ3) is 4.02. The van der Waals surface area contributed by atoms with E-state index in [-0.39, 0.29) is 42.6 Å². The molecule has 0 unspecified atom stereocenters. The molecule has 7 heteroatoms. The van der Waals surface area contributed by atoms with Crippen molar-refractivity contribution in [2.45, 2.75) is 31.7 Å². The van der Waals surface area contributed by atoms with Crippen molar-refractivity contribution >= 4 is 11.7 Å².